The molecule has 1 aromatic carbocycles. The van der Waals surface area contributed by atoms with Crippen LogP contribution >= 0.6 is 0 Å². The zero-order valence-electron chi connectivity index (χ0n) is 16.2. The lowest BCUT2D eigenvalue weighted by molar-refractivity contribution is -0.127. The summed E-state index contributed by atoms with van der Waals surface area (Å²) in [5, 5.41) is 9.30. The van der Waals surface area contributed by atoms with Crippen LogP contribution in [0.15, 0.2) is 30.3 Å². The number of amides is 3. The van der Waals surface area contributed by atoms with Gasteiger partial charge in [-0.25, -0.2) is 4.79 Å². The molecule has 2 aliphatic carbocycles. The lowest BCUT2D eigenvalue weighted by Crippen LogP contribution is -2.56. The Morgan fingerprint density at radius 2 is 1.44 bits per heavy atom. The zero-order valence-corrected chi connectivity index (χ0v) is 16.2. The quantitative estimate of drug-likeness (QED) is 0.716. The SMILES string of the molecule is O=C(NCCc1ccccc1)NC1CCCCC1NC(=O)C1CCCCC1. The van der Waals surface area contributed by atoms with Gasteiger partial charge >= 0.3 is 6.03 Å². The summed E-state index contributed by atoms with van der Waals surface area (Å²) >= 11 is 0. The molecule has 2 saturated carbocycles. The second-order valence-corrected chi connectivity index (χ2v) is 7.98. The number of urea groups is 1. The lowest BCUT2D eigenvalue weighted by Gasteiger charge is -2.34. The molecule has 0 aromatic heterocycles. The monoisotopic (exact) mass is 371 g/mol. The minimum atomic E-state index is -0.130. The van der Waals surface area contributed by atoms with E-state index in [2.05, 4.69) is 28.1 Å². The Bertz CT molecular complexity index is 599. The molecule has 2 fully saturated rings. The molecule has 148 valence electrons. The van der Waals surface area contributed by atoms with Crippen LogP contribution in [0.2, 0.25) is 0 Å². The van der Waals surface area contributed by atoms with Crippen molar-refractivity contribution < 1.29 is 9.59 Å². The fourth-order valence-electron chi connectivity index (χ4n) is 4.33. The van der Waals surface area contributed by atoms with Gasteiger partial charge in [0.25, 0.3) is 0 Å². The molecule has 3 N–H and O–H groups in total. The topological polar surface area (TPSA) is 70.2 Å². The first kappa shape index (κ1) is 19.7. The van der Waals surface area contributed by atoms with Gasteiger partial charge in [-0.15, -0.1) is 0 Å². The van der Waals surface area contributed by atoms with E-state index in [1.807, 2.05) is 18.2 Å². The maximum atomic E-state index is 12.6. The average Bonchev–Trinajstić information content (AvgIpc) is 2.71. The van der Waals surface area contributed by atoms with Gasteiger partial charge in [-0.1, -0.05) is 62.4 Å². The third-order valence-corrected chi connectivity index (χ3v) is 5.93. The minimum absolute atomic E-state index is 0.0306. The molecule has 2 aliphatic rings. The maximum Gasteiger partial charge on any atom is 0.315 e. The molecule has 27 heavy (non-hydrogen) atoms. The van der Waals surface area contributed by atoms with Crippen molar-refractivity contribution in [3.05, 3.63) is 35.9 Å². The van der Waals surface area contributed by atoms with Gasteiger partial charge in [-0.05, 0) is 37.7 Å². The van der Waals surface area contributed by atoms with E-state index < -0.39 is 0 Å². The summed E-state index contributed by atoms with van der Waals surface area (Å²) in [6.45, 7) is 0.613. The average molecular weight is 372 g/mol. The number of nitrogens with one attached hydrogen (secondary N) is 3. The Hall–Kier alpha value is -2.04. The van der Waals surface area contributed by atoms with Gasteiger partial charge in [-0.2, -0.15) is 0 Å². The standard InChI is InChI=1S/C22H33N3O2/c26-21(18-11-5-2-6-12-18)24-19-13-7-8-14-20(19)25-22(27)23-16-15-17-9-3-1-4-10-17/h1,3-4,9-10,18-20H,2,5-8,11-16H2,(H,24,26)(H2,23,25,27). The molecule has 0 aliphatic heterocycles. The van der Waals surface area contributed by atoms with E-state index in [1.165, 1.54) is 12.0 Å². The third-order valence-electron chi connectivity index (χ3n) is 5.93. The molecule has 2 unspecified atom stereocenters. The van der Waals surface area contributed by atoms with Gasteiger partial charge < -0.3 is 16.0 Å². The predicted octanol–water partition coefficient (Wildman–Crippen LogP) is 3.54. The molecule has 0 spiro atoms. The Balaban J connectivity index is 1.43. The van der Waals surface area contributed by atoms with E-state index in [0.717, 1.165) is 57.8 Å². The number of hydrogen-bond acceptors (Lipinski definition) is 2. The summed E-state index contributed by atoms with van der Waals surface area (Å²) in [5.41, 5.74) is 1.22. The smallest absolute Gasteiger partial charge is 0.315 e. The molecular formula is C22H33N3O2. The number of carbonyl (C=O) groups is 2. The Morgan fingerprint density at radius 3 is 2.15 bits per heavy atom. The highest BCUT2D eigenvalue weighted by atomic mass is 16.2. The molecule has 0 radical (unpaired) electrons. The van der Waals surface area contributed by atoms with Crippen molar-refractivity contribution >= 4 is 11.9 Å². The van der Waals surface area contributed by atoms with Crippen LogP contribution in [0.4, 0.5) is 4.79 Å². The van der Waals surface area contributed by atoms with Crippen molar-refractivity contribution in [2.24, 2.45) is 5.92 Å². The summed E-state index contributed by atoms with van der Waals surface area (Å²) in [4.78, 5) is 24.9. The first-order valence-corrected chi connectivity index (χ1v) is 10.6. The molecule has 0 bridgehead atoms. The number of carbonyl (C=O) groups excluding carboxylic acids is 2. The molecule has 5 heteroatoms. The van der Waals surface area contributed by atoms with E-state index in [4.69, 9.17) is 0 Å². The molecule has 5 nitrogen and oxygen atoms in total. The minimum Gasteiger partial charge on any atom is -0.351 e. The van der Waals surface area contributed by atoms with E-state index in [1.54, 1.807) is 0 Å². The first-order chi connectivity index (χ1) is 13.2. The molecular weight excluding hydrogens is 338 g/mol. The fourth-order valence-corrected chi connectivity index (χ4v) is 4.33. The van der Waals surface area contributed by atoms with Gasteiger partial charge in [0, 0.05) is 18.5 Å². The van der Waals surface area contributed by atoms with Gasteiger partial charge in [-0.3, -0.25) is 4.79 Å². The van der Waals surface area contributed by atoms with Crippen molar-refractivity contribution in [3.8, 4) is 0 Å². The summed E-state index contributed by atoms with van der Waals surface area (Å²) < 4.78 is 0. The van der Waals surface area contributed by atoms with Crippen molar-refractivity contribution in [2.45, 2.75) is 76.3 Å². The van der Waals surface area contributed by atoms with Crippen LogP contribution in [0, 0.1) is 5.92 Å². The zero-order chi connectivity index (χ0) is 18.9. The second-order valence-electron chi connectivity index (χ2n) is 7.98. The summed E-state index contributed by atoms with van der Waals surface area (Å²) in [6.07, 6.45) is 10.5. The van der Waals surface area contributed by atoms with Crippen molar-refractivity contribution in [3.63, 3.8) is 0 Å². The molecule has 0 heterocycles. The fraction of sp³-hybridized carbons (Fsp3) is 0.636. The highest BCUT2D eigenvalue weighted by molar-refractivity contribution is 5.79. The predicted molar refractivity (Wildman–Crippen MR) is 107 cm³/mol. The highest BCUT2D eigenvalue weighted by Gasteiger charge is 2.30. The van der Waals surface area contributed by atoms with Gasteiger partial charge in [0.2, 0.25) is 5.91 Å². The molecule has 0 saturated heterocycles. The van der Waals surface area contributed by atoms with Gasteiger partial charge in [0.15, 0.2) is 0 Å². The van der Waals surface area contributed by atoms with Crippen molar-refractivity contribution in [1.82, 2.24) is 16.0 Å². The number of hydrogen-bond donors (Lipinski definition) is 3. The summed E-state index contributed by atoms with van der Waals surface area (Å²) in [7, 11) is 0. The second kappa shape index (κ2) is 10.3. The number of rotatable bonds is 6. The normalized spacial score (nSPS) is 23.4. The number of benzene rings is 1. The highest BCUT2D eigenvalue weighted by Crippen LogP contribution is 2.25. The molecule has 3 rings (SSSR count). The summed E-state index contributed by atoms with van der Waals surface area (Å²) in [6, 6.07) is 10.1. The van der Waals surface area contributed by atoms with Crippen LogP contribution in [0.1, 0.15) is 63.4 Å². The van der Waals surface area contributed by atoms with E-state index in [0.29, 0.717) is 6.54 Å². The van der Waals surface area contributed by atoms with Crippen LogP contribution in [0.25, 0.3) is 0 Å². The summed E-state index contributed by atoms with van der Waals surface area (Å²) in [5.74, 6) is 0.360. The molecule has 2 atom stereocenters. The van der Waals surface area contributed by atoms with Gasteiger partial charge in [0.05, 0.1) is 6.04 Å². The Labute approximate surface area is 162 Å². The molecule has 3 amide bonds. The first-order valence-electron chi connectivity index (χ1n) is 10.6. The van der Waals surface area contributed by atoms with Crippen LogP contribution in [-0.2, 0) is 11.2 Å². The van der Waals surface area contributed by atoms with Crippen molar-refractivity contribution in [1.29, 1.82) is 0 Å². The Kier molecular flexibility index (Phi) is 7.55. The maximum absolute atomic E-state index is 12.6. The van der Waals surface area contributed by atoms with E-state index >= 15 is 0 Å². The lowest BCUT2D eigenvalue weighted by atomic mass is 9.86. The van der Waals surface area contributed by atoms with E-state index in [9.17, 15) is 9.59 Å². The van der Waals surface area contributed by atoms with Crippen LogP contribution in [0.3, 0.4) is 0 Å². The van der Waals surface area contributed by atoms with Crippen LogP contribution in [0.5, 0.6) is 0 Å². The van der Waals surface area contributed by atoms with Gasteiger partial charge in [0.1, 0.15) is 0 Å². The van der Waals surface area contributed by atoms with Crippen LogP contribution < -0.4 is 16.0 Å². The third kappa shape index (κ3) is 6.26. The van der Waals surface area contributed by atoms with Crippen LogP contribution in [-0.4, -0.2) is 30.6 Å². The molecule has 1 aromatic rings. The Morgan fingerprint density at radius 1 is 0.815 bits per heavy atom. The largest absolute Gasteiger partial charge is 0.351 e. The van der Waals surface area contributed by atoms with Crippen molar-refractivity contribution in [2.75, 3.05) is 6.54 Å². The van der Waals surface area contributed by atoms with E-state index in [-0.39, 0.29) is 29.9 Å².